The molecule has 0 aromatic heterocycles. The number of carbonyl (C=O) groups is 1. The van der Waals surface area contributed by atoms with E-state index in [1.165, 1.54) is 0 Å². The smallest absolute Gasteiger partial charge is 0.323 e. The number of piperidine rings is 1. The Kier molecular flexibility index (Phi) is 7.72. The second-order valence-electron chi connectivity index (χ2n) is 4.03. The summed E-state index contributed by atoms with van der Waals surface area (Å²) >= 11 is 0. The maximum absolute atomic E-state index is 11.5. The summed E-state index contributed by atoms with van der Waals surface area (Å²) in [5.41, 5.74) is 0. The molecule has 0 aliphatic carbocycles. The molecular formula is C11H23ClN2O2. The molecule has 1 aliphatic rings. The SMILES string of the molecule is CCOC(=O)C(C)N1CCC(NC)CC1.Cl. The molecule has 1 unspecified atom stereocenters. The molecule has 0 aromatic rings. The summed E-state index contributed by atoms with van der Waals surface area (Å²) in [5, 5.41) is 3.27. The maximum atomic E-state index is 11.5. The number of nitrogens with one attached hydrogen (secondary N) is 1. The monoisotopic (exact) mass is 250 g/mol. The van der Waals surface area contributed by atoms with Crippen LogP contribution in [0.2, 0.25) is 0 Å². The van der Waals surface area contributed by atoms with Crippen molar-refractivity contribution in [2.24, 2.45) is 0 Å². The summed E-state index contributed by atoms with van der Waals surface area (Å²) in [6.07, 6.45) is 2.22. The van der Waals surface area contributed by atoms with Gasteiger partial charge in [-0.05, 0) is 33.7 Å². The Morgan fingerprint density at radius 3 is 2.50 bits per heavy atom. The fraction of sp³-hybridized carbons (Fsp3) is 0.909. The first-order valence-corrected chi connectivity index (χ1v) is 5.77. The lowest BCUT2D eigenvalue weighted by Gasteiger charge is -2.34. The van der Waals surface area contributed by atoms with Crippen molar-refractivity contribution in [2.45, 2.75) is 38.8 Å². The minimum atomic E-state index is -0.0968. The van der Waals surface area contributed by atoms with Crippen molar-refractivity contribution in [1.29, 1.82) is 0 Å². The molecule has 1 N–H and O–H groups in total. The first kappa shape index (κ1) is 15.7. The van der Waals surface area contributed by atoms with Gasteiger partial charge in [-0.3, -0.25) is 9.69 Å². The molecule has 96 valence electrons. The van der Waals surface area contributed by atoms with Gasteiger partial charge in [0.25, 0.3) is 0 Å². The Balaban J connectivity index is 0.00000225. The third-order valence-corrected chi connectivity index (χ3v) is 3.11. The van der Waals surface area contributed by atoms with Crippen LogP contribution < -0.4 is 5.32 Å². The zero-order valence-corrected chi connectivity index (χ0v) is 11.2. The van der Waals surface area contributed by atoms with Gasteiger partial charge in [-0.15, -0.1) is 12.4 Å². The molecule has 0 saturated carbocycles. The highest BCUT2D eigenvalue weighted by molar-refractivity contribution is 5.85. The molecule has 0 spiro atoms. The Morgan fingerprint density at radius 2 is 2.06 bits per heavy atom. The average Bonchev–Trinajstić information content (AvgIpc) is 2.28. The molecule has 1 aliphatic heterocycles. The van der Waals surface area contributed by atoms with E-state index in [0.717, 1.165) is 25.9 Å². The van der Waals surface area contributed by atoms with Crippen LogP contribution in [-0.2, 0) is 9.53 Å². The van der Waals surface area contributed by atoms with Crippen molar-refractivity contribution < 1.29 is 9.53 Å². The fourth-order valence-electron chi connectivity index (χ4n) is 1.99. The lowest BCUT2D eigenvalue weighted by Crippen LogP contribution is -2.48. The lowest BCUT2D eigenvalue weighted by molar-refractivity contribution is -0.149. The molecule has 1 heterocycles. The van der Waals surface area contributed by atoms with Crippen molar-refractivity contribution in [1.82, 2.24) is 10.2 Å². The van der Waals surface area contributed by atoms with Crippen molar-refractivity contribution in [3.05, 3.63) is 0 Å². The Hall–Kier alpha value is -0.320. The number of halogens is 1. The molecule has 0 amide bonds. The Morgan fingerprint density at radius 1 is 1.50 bits per heavy atom. The van der Waals surface area contributed by atoms with E-state index in [1.807, 2.05) is 20.9 Å². The number of rotatable bonds is 4. The highest BCUT2D eigenvalue weighted by atomic mass is 35.5. The van der Waals surface area contributed by atoms with Crippen LogP contribution >= 0.6 is 12.4 Å². The van der Waals surface area contributed by atoms with Crippen molar-refractivity contribution in [3.63, 3.8) is 0 Å². The van der Waals surface area contributed by atoms with Crippen LogP contribution in [0.5, 0.6) is 0 Å². The summed E-state index contributed by atoms with van der Waals surface area (Å²) in [4.78, 5) is 13.7. The summed E-state index contributed by atoms with van der Waals surface area (Å²) in [6, 6.07) is 0.512. The summed E-state index contributed by atoms with van der Waals surface area (Å²) in [7, 11) is 2.00. The number of carbonyl (C=O) groups excluding carboxylic acids is 1. The predicted molar refractivity (Wildman–Crippen MR) is 67.0 cm³/mol. The average molecular weight is 251 g/mol. The van der Waals surface area contributed by atoms with Crippen LogP contribution in [0.1, 0.15) is 26.7 Å². The molecule has 1 atom stereocenters. The van der Waals surface area contributed by atoms with Crippen molar-refractivity contribution >= 4 is 18.4 Å². The standard InChI is InChI=1S/C11H22N2O2.ClH/c1-4-15-11(14)9(2)13-7-5-10(12-3)6-8-13;/h9-10,12H,4-8H2,1-3H3;1H. The number of hydrogen-bond donors (Lipinski definition) is 1. The van der Waals surface area contributed by atoms with E-state index in [9.17, 15) is 4.79 Å². The molecule has 16 heavy (non-hydrogen) atoms. The van der Waals surface area contributed by atoms with Crippen LogP contribution in [0.4, 0.5) is 0 Å². The number of nitrogens with zero attached hydrogens (tertiary/aromatic N) is 1. The van der Waals surface area contributed by atoms with Crippen molar-refractivity contribution in [3.8, 4) is 0 Å². The Labute approximate surface area is 104 Å². The third-order valence-electron chi connectivity index (χ3n) is 3.11. The Bertz CT molecular complexity index is 206. The first-order valence-electron chi connectivity index (χ1n) is 5.77. The predicted octanol–water partition coefficient (Wildman–Crippen LogP) is 1.04. The van der Waals surface area contributed by atoms with Crippen LogP contribution in [0, 0.1) is 0 Å². The molecular weight excluding hydrogens is 228 g/mol. The van der Waals surface area contributed by atoms with Gasteiger partial charge in [0.1, 0.15) is 6.04 Å². The van der Waals surface area contributed by atoms with E-state index in [-0.39, 0.29) is 24.4 Å². The molecule has 0 bridgehead atoms. The van der Waals surface area contributed by atoms with Crippen molar-refractivity contribution in [2.75, 3.05) is 26.7 Å². The number of likely N-dealkylation sites (tertiary alicyclic amines) is 1. The lowest BCUT2D eigenvalue weighted by atomic mass is 10.0. The van der Waals surface area contributed by atoms with Gasteiger partial charge >= 0.3 is 5.97 Å². The van der Waals surface area contributed by atoms with Crippen LogP contribution in [-0.4, -0.2) is 49.7 Å². The van der Waals surface area contributed by atoms with E-state index < -0.39 is 0 Å². The second-order valence-corrected chi connectivity index (χ2v) is 4.03. The quantitative estimate of drug-likeness (QED) is 0.758. The van der Waals surface area contributed by atoms with Crippen LogP contribution in [0.3, 0.4) is 0 Å². The van der Waals surface area contributed by atoms with Gasteiger partial charge in [0, 0.05) is 19.1 Å². The highest BCUT2D eigenvalue weighted by Gasteiger charge is 2.26. The zero-order chi connectivity index (χ0) is 11.3. The van der Waals surface area contributed by atoms with Gasteiger partial charge in [-0.1, -0.05) is 0 Å². The van der Waals surface area contributed by atoms with Gasteiger partial charge in [0.05, 0.1) is 6.61 Å². The van der Waals surface area contributed by atoms with E-state index in [1.54, 1.807) is 0 Å². The van der Waals surface area contributed by atoms with Gasteiger partial charge in [0.15, 0.2) is 0 Å². The van der Waals surface area contributed by atoms with Gasteiger partial charge < -0.3 is 10.1 Å². The topological polar surface area (TPSA) is 41.6 Å². The summed E-state index contributed by atoms with van der Waals surface area (Å²) in [5.74, 6) is -0.0968. The summed E-state index contributed by atoms with van der Waals surface area (Å²) in [6.45, 7) is 6.20. The highest BCUT2D eigenvalue weighted by Crippen LogP contribution is 2.13. The minimum absolute atomic E-state index is 0. The normalized spacial score (nSPS) is 19.9. The van der Waals surface area contributed by atoms with E-state index >= 15 is 0 Å². The molecule has 4 nitrogen and oxygen atoms in total. The van der Waals surface area contributed by atoms with Crippen LogP contribution in [0.15, 0.2) is 0 Å². The molecule has 1 rings (SSSR count). The number of esters is 1. The minimum Gasteiger partial charge on any atom is -0.465 e. The largest absolute Gasteiger partial charge is 0.465 e. The van der Waals surface area contributed by atoms with Gasteiger partial charge in [-0.2, -0.15) is 0 Å². The maximum Gasteiger partial charge on any atom is 0.323 e. The van der Waals surface area contributed by atoms with E-state index in [4.69, 9.17) is 4.74 Å². The molecule has 1 fully saturated rings. The zero-order valence-electron chi connectivity index (χ0n) is 10.4. The fourth-order valence-corrected chi connectivity index (χ4v) is 1.99. The van der Waals surface area contributed by atoms with E-state index in [2.05, 4.69) is 10.2 Å². The third kappa shape index (κ3) is 4.28. The van der Waals surface area contributed by atoms with Gasteiger partial charge in [0.2, 0.25) is 0 Å². The summed E-state index contributed by atoms with van der Waals surface area (Å²) < 4.78 is 5.01. The number of ether oxygens (including phenoxy) is 1. The number of hydrogen-bond acceptors (Lipinski definition) is 4. The molecule has 0 radical (unpaired) electrons. The molecule has 5 heteroatoms. The molecule has 0 aromatic carbocycles. The first-order chi connectivity index (χ1) is 7.19. The van der Waals surface area contributed by atoms with Crippen LogP contribution in [0.25, 0.3) is 0 Å². The second kappa shape index (κ2) is 7.87. The van der Waals surface area contributed by atoms with E-state index in [0.29, 0.717) is 12.6 Å². The molecule has 1 saturated heterocycles. The van der Waals surface area contributed by atoms with Gasteiger partial charge in [-0.25, -0.2) is 0 Å².